The van der Waals surface area contributed by atoms with Crippen molar-refractivity contribution < 1.29 is 9.59 Å². The normalized spacial score (nSPS) is 21.0. The van der Waals surface area contributed by atoms with Gasteiger partial charge in [-0.05, 0) is 24.5 Å². The van der Waals surface area contributed by atoms with Crippen LogP contribution in [0.15, 0.2) is 18.3 Å². The molecule has 3 heterocycles. The van der Waals surface area contributed by atoms with Crippen molar-refractivity contribution in [1.29, 1.82) is 0 Å². The van der Waals surface area contributed by atoms with Crippen molar-refractivity contribution in [2.75, 3.05) is 24.5 Å². The summed E-state index contributed by atoms with van der Waals surface area (Å²) in [5.41, 5.74) is 0.948. The summed E-state index contributed by atoms with van der Waals surface area (Å²) in [4.78, 5) is 29.5. The predicted molar refractivity (Wildman–Crippen MR) is 77.9 cm³/mol. The molecule has 0 saturated carbocycles. The zero-order chi connectivity index (χ0) is 14.7. The maximum atomic E-state index is 11.8. The first-order chi connectivity index (χ1) is 10.2. The van der Waals surface area contributed by atoms with Crippen LogP contribution in [0.1, 0.15) is 18.4 Å². The Hall–Kier alpha value is -2.31. The lowest BCUT2D eigenvalue weighted by Gasteiger charge is -2.16. The lowest BCUT2D eigenvalue weighted by molar-refractivity contribution is -0.122. The van der Waals surface area contributed by atoms with Gasteiger partial charge in [-0.15, -0.1) is 0 Å². The van der Waals surface area contributed by atoms with Crippen LogP contribution < -0.4 is 20.9 Å². The number of urea groups is 1. The smallest absolute Gasteiger partial charge is 0.315 e. The summed E-state index contributed by atoms with van der Waals surface area (Å²) >= 11 is 0. The summed E-state index contributed by atoms with van der Waals surface area (Å²) in [6, 6.07) is 3.18. The van der Waals surface area contributed by atoms with Crippen LogP contribution in [-0.2, 0) is 11.3 Å². The molecule has 3 N–H and O–H groups in total. The van der Waals surface area contributed by atoms with E-state index in [1.807, 2.05) is 12.1 Å². The van der Waals surface area contributed by atoms with Crippen molar-refractivity contribution in [3.8, 4) is 0 Å². The number of carbonyl (C=O) groups is 2. The van der Waals surface area contributed by atoms with Crippen molar-refractivity contribution in [2.24, 2.45) is 0 Å². The number of hydrogen-bond acceptors (Lipinski definition) is 4. The molecule has 2 aliphatic heterocycles. The molecule has 7 heteroatoms. The van der Waals surface area contributed by atoms with Crippen LogP contribution in [0, 0.1) is 0 Å². The molecule has 2 fully saturated rings. The molecule has 112 valence electrons. The summed E-state index contributed by atoms with van der Waals surface area (Å²) < 4.78 is 0. The second kappa shape index (κ2) is 5.99. The number of nitrogens with one attached hydrogen (secondary N) is 3. The number of amides is 3. The Morgan fingerprint density at radius 3 is 2.81 bits per heavy atom. The first kappa shape index (κ1) is 13.7. The number of aromatic nitrogens is 1. The molecule has 1 aromatic rings. The first-order valence-corrected chi connectivity index (χ1v) is 7.24. The Bertz CT molecular complexity index is 525. The topological polar surface area (TPSA) is 86.4 Å². The van der Waals surface area contributed by atoms with Crippen LogP contribution in [0.5, 0.6) is 0 Å². The highest BCUT2D eigenvalue weighted by Gasteiger charge is 2.26. The maximum absolute atomic E-state index is 11.8. The van der Waals surface area contributed by atoms with Crippen LogP contribution in [0.3, 0.4) is 0 Å². The van der Waals surface area contributed by atoms with Gasteiger partial charge in [0.05, 0.1) is 0 Å². The minimum absolute atomic E-state index is 0.183. The molecule has 0 radical (unpaired) electrons. The molecule has 1 atom stereocenters. The van der Waals surface area contributed by atoms with Gasteiger partial charge in [0.1, 0.15) is 11.9 Å². The molecule has 1 aromatic heterocycles. The molecule has 3 rings (SSSR count). The van der Waals surface area contributed by atoms with Gasteiger partial charge in [-0.2, -0.15) is 0 Å². The van der Waals surface area contributed by atoms with Gasteiger partial charge in [-0.1, -0.05) is 6.07 Å². The lowest BCUT2D eigenvalue weighted by Crippen LogP contribution is -2.42. The van der Waals surface area contributed by atoms with Crippen LogP contribution in [0.2, 0.25) is 0 Å². The van der Waals surface area contributed by atoms with E-state index in [4.69, 9.17) is 0 Å². The fourth-order valence-electron chi connectivity index (χ4n) is 2.58. The standard InChI is InChI=1S/C14H19N5O2/c20-13(11-9-17-14(21)18-11)16-8-10-3-4-12(15-7-10)19-5-1-2-6-19/h3-4,7,11H,1-2,5-6,8-9H2,(H,16,20)(H2,17,18,21)/t11-/m1/s1. The lowest BCUT2D eigenvalue weighted by atomic mass is 10.2. The third kappa shape index (κ3) is 3.24. The van der Waals surface area contributed by atoms with Gasteiger partial charge in [0.15, 0.2) is 0 Å². The minimum Gasteiger partial charge on any atom is -0.357 e. The van der Waals surface area contributed by atoms with Gasteiger partial charge in [-0.3, -0.25) is 4.79 Å². The van der Waals surface area contributed by atoms with Crippen molar-refractivity contribution in [3.05, 3.63) is 23.9 Å². The zero-order valence-corrected chi connectivity index (χ0v) is 11.8. The van der Waals surface area contributed by atoms with E-state index in [-0.39, 0.29) is 11.9 Å². The van der Waals surface area contributed by atoms with Gasteiger partial charge in [-0.25, -0.2) is 9.78 Å². The Balaban J connectivity index is 1.51. The molecule has 0 bridgehead atoms. The molecule has 3 amide bonds. The van der Waals surface area contributed by atoms with E-state index in [1.165, 1.54) is 12.8 Å². The largest absolute Gasteiger partial charge is 0.357 e. The average Bonchev–Trinajstić information content (AvgIpc) is 3.16. The van der Waals surface area contributed by atoms with E-state index >= 15 is 0 Å². The Kier molecular flexibility index (Phi) is 3.89. The fourth-order valence-corrected chi connectivity index (χ4v) is 2.58. The fraction of sp³-hybridized carbons (Fsp3) is 0.500. The van der Waals surface area contributed by atoms with Gasteiger partial charge < -0.3 is 20.9 Å². The Morgan fingerprint density at radius 2 is 2.19 bits per heavy atom. The Labute approximate surface area is 123 Å². The highest BCUT2D eigenvalue weighted by molar-refractivity contribution is 5.90. The van der Waals surface area contributed by atoms with Crippen molar-refractivity contribution in [2.45, 2.75) is 25.4 Å². The molecule has 0 aliphatic carbocycles. The van der Waals surface area contributed by atoms with Gasteiger partial charge in [0, 0.05) is 32.4 Å². The molecule has 2 saturated heterocycles. The van der Waals surface area contributed by atoms with Crippen LogP contribution >= 0.6 is 0 Å². The molecular formula is C14H19N5O2. The third-order valence-corrected chi connectivity index (χ3v) is 3.79. The predicted octanol–water partition coefficient (Wildman–Crippen LogP) is -0.0206. The molecule has 21 heavy (non-hydrogen) atoms. The molecule has 7 nitrogen and oxygen atoms in total. The zero-order valence-electron chi connectivity index (χ0n) is 11.8. The number of hydrogen-bond donors (Lipinski definition) is 3. The van der Waals surface area contributed by atoms with E-state index in [0.717, 1.165) is 24.5 Å². The Morgan fingerprint density at radius 1 is 1.38 bits per heavy atom. The van der Waals surface area contributed by atoms with E-state index < -0.39 is 6.04 Å². The SMILES string of the molecule is O=C1NC[C@H](C(=O)NCc2ccc(N3CCCC3)nc2)N1. The highest BCUT2D eigenvalue weighted by Crippen LogP contribution is 2.17. The quantitative estimate of drug-likeness (QED) is 0.727. The van der Waals surface area contributed by atoms with Gasteiger partial charge >= 0.3 is 6.03 Å². The second-order valence-corrected chi connectivity index (χ2v) is 5.34. The number of pyridine rings is 1. The van der Waals surface area contributed by atoms with E-state index in [9.17, 15) is 9.59 Å². The van der Waals surface area contributed by atoms with Crippen LogP contribution in [0.4, 0.5) is 10.6 Å². The maximum Gasteiger partial charge on any atom is 0.315 e. The highest BCUT2D eigenvalue weighted by atomic mass is 16.2. The second-order valence-electron chi connectivity index (χ2n) is 5.34. The van der Waals surface area contributed by atoms with Crippen molar-refractivity contribution in [3.63, 3.8) is 0 Å². The van der Waals surface area contributed by atoms with Crippen molar-refractivity contribution >= 4 is 17.8 Å². The summed E-state index contributed by atoms with van der Waals surface area (Å²) in [5, 5.41) is 7.91. The number of rotatable bonds is 4. The van der Waals surface area contributed by atoms with Gasteiger partial charge in [0.25, 0.3) is 0 Å². The summed E-state index contributed by atoms with van der Waals surface area (Å²) in [6.45, 7) is 2.88. The third-order valence-electron chi connectivity index (χ3n) is 3.79. The monoisotopic (exact) mass is 289 g/mol. The summed E-state index contributed by atoms with van der Waals surface area (Å²) in [6.07, 6.45) is 4.24. The first-order valence-electron chi connectivity index (χ1n) is 7.24. The number of anilines is 1. The molecular weight excluding hydrogens is 270 g/mol. The number of nitrogens with zero attached hydrogens (tertiary/aromatic N) is 2. The molecule has 0 spiro atoms. The molecule has 2 aliphatic rings. The molecule has 0 unspecified atom stereocenters. The molecule has 0 aromatic carbocycles. The summed E-state index contributed by atoms with van der Waals surface area (Å²) in [7, 11) is 0. The van der Waals surface area contributed by atoms with Gasteiger partial charge in [0.2, 0.25) is 5.91 Å². The summed E-state index contributed by atoms with van der Waals surface area (Å²) in [5.74, 6) is 0.812. The van der Waals surface area contributed by atoms with E-state index in [1.54, 1.807) is 6.20 Å². The van der Waals surface area contributed by atoms with E-state index in [0.29, 0.717) is 13.1 Å². The van der Waals surface area contributed by atoms with Crippen LogP contribution in [0.25, 0.3) is 0 Å². The average molecular weight is 289 g/mol. The number of carbonyl (C=O) groups excluding carboxylic acids is 2. The van der Waals surface area contributed by atoms with Crippen LogP contribution in [-0.4, -0.2) is 42.6 Å². The van der Waals surface area contributed by atoms with Crippen molar-refractivity contribution in [1.82, 2.24) is 20.9 Å². The van der Waals surface area contributed by atoms with E-state index in [2.05, 4.69) is 25.8 Å². The minimum atomic E-state index is -0.491.